The molecule has 1 atom stereocenters. The monoisotopic (exact) mass is 430 g/mol. The zero-order chi connectivity index (χ0) is 15.8. The Morgan fingerprint density at radius 3 is 2.57 bits per heavy atom. The largest absolute Gasteiger partial charge is 0.356 e. The van der Waals surface area contributed by atoms with E-state index >= 15 is 0 Å². The molecule has 0 heterocycles. The van der Waals surface area contributed by atoms with Gasteiger partial charge >= 0.3 is 0 Å². The van der Waals surface area contributed by atoms with Crippen molar-refractivity contribution in [2.75, 3.05) is 27.2 Å². The molecule has 130 valence electrons. The third-order valence-corrected chi connectivity index (χ3v) is 4.36. The number of benzene rings is 1. The maximum atomic E-state index is 4.28. The maximum Gasteiger partial charge on any atom is 0.190 e. The number of halogens is 1. The maximum absolute atomic E-state index is 4.28. The van der Waals surface area contributed by atoms with Crippen molar-refractivity contribution in [1.82, 2.24) is 15.5 Å². The molecule has 1 fully saturated rings. The second-order valence-electron chi connectivity index (χ2n) is 6.36. The van der Waals surface area contributed by atoms with E-state index in [0.717, 1.165) is 37.9 Å². The number of nitrogens with zero attached hydrogens (tertiary/aromatic N) is 2. The summed E-state index contributed by atoms with van der Waals surface area (Å²) < 4.78 is 0. The molecule has 1 saturated carbocycles. The van der Waals surface area contributed by atoms with Gasteiger partial charge in [-0.05, 0) is 44.7 Å². The van der Waals surface area contributed by atoms with Gasteiger partial charge in [-0.1, -0.05) is 30.3 Å². The van der Waals surface area contributed by atoms with Crippen LogP contribution in [0.2, 0.25) is 0 Å². The van der Waals surface area contributed by atoms with E-state index in [1.165, 1.54) is 18.4 Å². The summed E-state index contributed by atoms with van der Waals surface area (Å²) in [6.07, 6.45) is 3.84. The lowest BCUT2D eigenvalue weighted by Crippen LogP contribution is -2.40. The van der Waals surface area contributed by atoms with E-state index in [4.69, 9.17) is 0 Å². The molecule has 1 unspecified atom stereocenters. The number of rotatable bonds is 8. The van der Waals surface area contributed by atoms with Crippen LogP contribution in [-0.2, 0) is 6.54 Å². The van der Waals surface area contributed by atoms with Gasteiger partial charge in [0.05, 0.1) is 0 Å². The lowest BCUT2D eigenvalue weighted by Gasteiger charge is -2.25. The van der Waals surface area contributed by atoms with Gasteiger partial charge in [-0.3, -0.25) is 9.89 Å². The molecule has 5 heteroatoms. The lowest BCUT2D eigenvalue weighted by molar-refractivity contribution is 0.238. The fourth-order valence-corrected chi connectivity index (χ4v) is 2.43. The lowest BCUT2D eigenvalue weighted by atomic mass is 10.1. The van der Waals surface area contributed by atoms with Crippen LogP contribution in [0.25, 0.3) is 0 Å². The third kappa shape index (κ3) is 8.01. The molecule has 0 saturated heterocycles. The van der Waals surface area contributed by atoms with Crippen molar-refractivity contribution in [2.24, 2.45) is 10.9 Å². The van der Waals surface area contributed by atoms with E-state index in [0.29, 0.717) is 6.04 Å². The van der Waals surface area contributed by atoms with Crippen LogP contribution >= 0.6 is 24.0 Å². The van der Waals surface area contributed by atoms with Crippen molar-refractivity contribution in [3.63, 3.8) is 0 Å². The highest BCUT2D eigenvalue weighted by Crippen LogP contribution is 2.27. The third-order valence-electron chi connectivity index (χ3n) is 4.36. The number of hydrogen-bond acceptors (Lipinski definition) is 2. The SMILES string of the molecule is CN=C(NCCC(C)N(C)Cc1ccccc1)NCC1CC1.I. The molecule has 23 heavy (non-hydrogen) atoms. The molecule has 1 aliphatic carbocycles. The van der Waals surface area contributed by atoms with E-state index in [2.05, 4.69) is 64.8 Å². The van der Waals surface area contributed by atoms with Crippen LogP contribution in [0.5, 0.6) is 0 Å². The van der Waals surface area contributed by atoms with Gasteiger partial charge in [0.25, 0.3) is 0 Å². The topological polar surface area (TPSA) is 39.7 Å². The standard InChI is InChI=1S/C18H30N4.HI/c1-15(22(3)14-17-7-5-4-6-8-17)11-12-20-18(19-2)21-13-16-9-10-16;/h4-8,15-16H,9-14H2,1-3H3,(H2,19,20,21);1H. The van der Waals surface area contributed by atoms with Crippen molar-refractivity contribution in [1.29, 1.82) is 0 Å². The van der Waals surface area contributed by atoms with Gasteiger partial charge in [0.15, 0.2) is 5.96 Å². The van der Waals surface area contributed by atoms with Crippen molar-refractivity contribution in [3.8, 4) is 0 Å². The van der Waals surface area contributed by atoms with E-state index in [1.807, 2.05) is 7.05 Å². The zero-order valence-electron chi connectivity index (χ0n) is 14.6. The molecule has 1 aromatic rings. The van der Waals surface area contributed by atoms with E-state index in [9.17, 15) is 0 Å². The van der Waals surface area contributed by atoms with Crippen LogP contribution in [0, 0.1) is 5.92 Å². The molecular weight excluding hydrogens is 399 g/mol. The number of aliphatic imine (C=N–C) groups is 1. The quantitative estimate of drug-likeness (QED) is 0.378. The van der Waals surface area contributed by atoms with Crippen molar-refractivity contribution in [3.05, 3.63) is 35.9 Å². The predicted octanol–water partition coefficient (Wildman–Crippen LogP) is 3.09. The second-order valence-corrected chi connectivity index (χ2v) is 6.36. The van der Waals surface area contributed by atoms with E-state index in [1.54, 1.807) is 0 Å². The first-order valence-corrected chi connectivity index (χ1v) is 8.37. The fraction of sp³-hybridized carbons (Fsp3) is 0.611. The molecule has 0 aromatic heterocycles. The summed E-state index contributed by atoms with van der Waals surface area (Å²) in [4.78, 5) is 6.68. The summed E-state index contributed by atoms with van der Waals surface area (Å²) in [5.74, 6) is 1.80. The Labute approximate surface area is 158 Å². The van der Waals surface area contributed by atoms with Crippen LogP contribution in [-0.4, -0.2) is 44.1 Å². The minimum Gasteiger partial charge on any atom is -0.356 e. The average molecular weight is 430 g/mol. The van der Waals surface area contributed by atoms with Crippen LogP contribution in [0.3, 0.4) is 0 Å². The highest BCUT2D eigenvalue weighted by Gasteiger charge is 2.21. The number of nitrogens with one attached hydrogen (secondary N) is 2. The number of hydrogen-bond donors (Lipinski definition) is 2. The first-order chi connectivity index (χ1) is 10.7. The summed E-state index contributed by atoms with van der Waals surface area (Å²) in [5, 5.41) is 6.81. The Morgan fingerprint density at radius 2 is 1.96 bits per heavy atom. The molecule has 0 aliphatic heterocycles. The number of guanidine groups is 1. The normalized spacial score (nSPS) is 15.9. The van der Waals surface area contributed by atoms with Gasteiger partial charge in [-0.15, -0.1) is 24.0 Å². The molecule has 0 bridgehead atoms. The molecule has 4 nitrogen and oxygen atoms in total. The average Bonchev–Trinajstić information content (AvgIpc) is 3.35. The second kappa shape index (κ2) is 10.9. The van der Waals surface area contributed by atoms with Gasteiger partial charge in [0, 0.05) is 32.7 Å². The molecule has 1 aliphatic rings. The van der Waals surface area contributed by atoms with Crippen LogP contribution in [0.1, 0.15) is 31.7 Å². The molecular formula is C18H31IN4. The van der Waals surface area contributed by atoms with Crippen molar-refractivity contribution in [2.45, 2.75) is 38.8 Å². The Hall–Kier alpha value is -0.820. The summed E-state index contributed by atoms with van der Waals surface area (Å²) in [7, 11) is 4.03. The minimum absolute atomic E-state index is 0. The summed E-state index contributed by atoms with van der Waals surface area (Å²) in [5.41, 5.74) is 1.37. The van der Waals surface area contributed by atoms with E-state index < -0.39 is 0 Å². The van der Waals surface area contributed by atoms with E-state index in [-0.39, 0.29) is 24.0 Å². The molecule has 0 radical (unpaired) electrons. The highest BCUT2D eigenvalue weighted by atomic mass is 127. The first kappa shape index (κ1) is 20.2. The first-order valence-electron chi connectivity index (χ1n) is 8.37. The highest BCUT2D eigenvalue weighted by molar-refractivity contribution is 14.0. The fourth-order valence-electron chi connectivity index (χ4n) is 2.43. The summed E-state index contributed by atoms with van der Waals surface area (Å²) >= 11 is 0. The predicted molar refractivity (Wildman–Crippen MR) is 109 cm³/mol. The summed E-state index contributed by atoms with van der Waals surface area (Å²) in [6.45, 7) is 5.29. The van der Waals surface area contributed by atoms with Gasteiger partial charge in [-0.2, -0.15) is 0 Å². The Kier molecular flexibility index (Phi) is 9.55. The van der Waals surface area contributed by atoms with Gasteiger partial charge < -0.3 is 10.6 Å². The Morgan fingerprint density at radius 1 is 1.26 bits per heavy atom. The van der Waals surface area contributed by atoms with Crippen LogP contribution in [0.4, 0.5) is 0 Å². The smallest absolute Gasteiger partial charge is 0.190 e. The Balaban J connectivity index is 0.00000264. The van der Waals surface area contributed by atoms with Crippen LogP contribution in [0.15, 0.2) is 35.3 Å². The molecule has 2 N–H and O–H groups in total. The summed E-state index contributed by atoms with van der Waals surface area (Å²) in [6, 6.07) is 11.2. The molecule has 2 rings (SSSR count). The van der Waals surface area contributed by atoms with Gasteiger partial charge in [-0.25, -0.2) is 0 Å². The Bertz CT molecular complexity index is 459. The molecule has 0 spiro atoms. The van der Waals surface area contributed by atoms with Crippen LogP contribution < -0.4 is 10.6 Å². The molecule has 0 amide bonds. The van der Waals surface area contributed by atoms with Crippen molar-refractivity contribution < 1.29 is 0 Å². The van der Waals surface area contributed by atoms with Gasteiger partial charge in [0.1, 0.15) is 0 Å². The zero-order valence-corrected chi connectivity index (χ0v) is 16.9. The molecule has 1 aromatic carbocycles. The van der Waals surface area contributed by atoms with Crippen molar-refractivity contribution >= 4 is 29.9 Å². The van der Waals surface area contributed by atoms with Gasteiger partial charge in [0.2, 0.25) is 0 Å². The minimum atomic E-state index is 0.